The van der Waals surface area contributed by atoms with Crippen LogP contribution in [0.15, 0.2) is 41.9 Å². The lowest BCUT2D eigenvalue weighted by atomic mass is 10.0. The zero-order chi connectivity index (χ0) is 24.9. The molecule has 0 saturated carbocycles. The number of anilines is 1. The van der Waals surface area contributed by atoms with Crippen LogP contribution < -0.4 is 16.4 Å². The van der Waals surface area contributed by atoms with Gasteiger partial charge in [-0.1, -0.05) is 0 Å². The number of carbonyl (C=O) groups excluding carboxylic acids is 2. The number of carbonyl (C=O) groups is 2. The van der Waals surface area contributed by atoms with E-state index in [0.29, 0.717) is 17.5 Å². The van der Waals surface area contributed by atoms with E-state index < -0.39 is 35.4 Å². The van der Waals surface area contributed by atoms with Gasteiger partial charge in [-0.05, 0) is 17.7 Å². The molecule has 11 nitrogen and oxygen atoms in total. The molecule has 1 aliphatic rings. The number of hydrazone groups is 1. The van der Waals surface area contributed by atoms with Crippen LogP contribution in [0.1, 0.15) is 18.0 Å². The van der Waals surface area contributed by atoms with Crippen molar-refractivity contribution in [1.82, 2.24) is 30.1 Å². The highest BCUT2D eigenvalue weighted by atomic mass is 19.1. The van der Waals surface area contributed by atoms with E-state index in [4.69, 9.17) is 5.73 Å². The summed E-state index contributed by atoms with van der Waals surface area (Å²) in [5.41, 5.74) is 5.72. The molecule has 14 heteroatoms. The van der Waals surface area contributed by atoms with Crippen LogP contribution in [0.4, 0.5) is 23.9 Å². The van der Waals surface area contributed by atoms with Crippen molar-refractivity contribution in [2.45, 2.75) is 19.0 Å². The molecule has 4 N–H and O–H groups in total. The normalized spacial score (nSPS) is 14.8. The summed E-state index contributed by atoms with van der Waals surface area (Å²) in [6, 6.07) is 1.88. The predicted octanol–water partition coefficient (Wildman–Crippen LogP) is 1.80. The molecule has 3 aromatic rings. The largest absolute Gasteiger partial charge is 0.368 e. The second kappa shape index (κ2) is 10.2. The molecule has 3 amide bonds. The molecule has 3 heterocycles. The third-order valence-electron chi connectivity index (χ3n) is 4.96. The van der Waals surface area contributed by atoms with Gasteiger partial charge in [-0.2, -0.15) is 10.2 Å². The number of amides is 3. The Labute approximate surface area is 196 Å². The minimum Gasteiger partial charge on any atom is -0.368 e. The number of rotatable bonds is 8. The Morgan fingerprint density at radius 3 is 2.63 bits per heavy atom. The first-order chi connectivity index (χ1) is 16.8. The molecule has 182 valence electrons. The zero-order valence-electron chi connectivity index (χ0n) is 18.2. The second-order valence-corrected chi connectivity index (χ2v) is 7.54. The van der Waals surface area contributed by atoms with Crippen LogP contribution in [0, 0.1) is 17.5 Å². The van der Waals surface area contributed by atoms with Gasteiger partial charge in [0.2, 0.25) is 11.9 Å². The molecule has 35 heavy (non-hydrogen) atoms. The number of nitrogens with two attached hydrogens (primary N) is 1. The minimum absolute atomic E-state index is 0.0289. The highest BCUT2D eigenvalue weighted by Crippen LogP contribution is 2.29. The standard InChI is InChI=1S/C21H20F3N9O2/c22-14-5-12(6-15(23)7-14)17-1-2-29-33(17)21(35)27-4-3-26-20-28-9-16(24)19(31-20)13-8-30-32(10-13)11-18(25)34/h2,5-10,17H,1,3-4,11H2,(H2,25,34)(H,27,35)(H,26,28,31)/t17-/m0/s1. The number of hydrogen-bond donors (Lipinski definition) is 3. The monoisotopic (exact) mass is 487 g/mol. The highest BCUT2D eigenvalue weighted by Gasteiger charge is 2.28. The highest BCUT2D eigenvalue weighted by molar-refractivity contribution is 5.78. The Morgan fingerprint density at radius 2 is 1.89 bits per heavy atom. The van der Waals surface area contributed by atoms with Gasteiger partial charge in [0.25, 0.3) is 0 Å². The maximum Gasteiger partial charge on any atom is 0.338 e. The number of urea groups is 1. The lowest BCUT2D eigenvalue weighted by Crippen LogP contribution is -2.39. The third-order valence-corrected chi connectivity index (χ3v) is 4.96. The molecular formula is C21H20F3N9O2. The third kappa shape index (κ3) is 5.72. The van der Waals surface area contributed by atoms with Crippen LogP contribution in [-0.2, 0) is 11.3 Å². The van der Waals surface area contributed by atoms with Gasteiger partial charge in [0.1, 0.15) is 23.9 Å². The summed E-state index contributed by atoms with van der Waals surface area (Å²) in [7, 11) is 0. The summed E-state index contributed by atoms with van der Waals surface area (Å²) >= 11 is 0. The maximum absolute atomic E-state index is 14.2. The van der Waals surface area contributed by atoms with Crippen molar-refractivity contribution in [2.24, 2.45) is 10.8 Å². The average Bonchev–Trinajstić information content (AvgIpc) is 3.46. The van der Waals surface area contributed by atoms with Crippen molar-refractivity contribution in [2.75, 3.05) is 18.4 Å². The average molecular weight is 487 g/mol. The molecule has 0 aliphatic carbocycles. The van der Waals surface area contributed by atoms with Crippen LogP contribution >= 0.6 is 0 Å². The summed E-state index contributed by atoms with van der Waals surface area (Å²) in [5.74, 6) is -2.66. The first kappa shape index (κ1) is 23.7. The van der Waals surface area contributed by atoms with Gasteiger partial charge in [0.15, 0.2) is 5.82 Å². The number of benzene rings is 1. The van der Waals surface area contributed by atoms with Crippen LogP contribution in [-0.4, -0.2) is 56.0 Å². The second-order valence-electron chi connectivity index (χ2n) is 7.54. The molecule has 0 unspecified atom stereocenters. The molecule has 0 saturated heterocycles. The predicted molar refractivity (Wildman–Crippen MR) is 118 cm³/mol. The molecule has 0 spiro atoms. The molecule has 1 aliphatic heterocycles. The van der Waals surface area contributed by atoms with Gasteiger partial charge >= 0.3 is 6.03 Å². The van der Waals surface area contributed by atoms with E-state index >= 15 is 0 Å². The van der Waals surface area contributed by atoms with Gasteiger partial charge < -0.3 is 16.4 Å². The van der Waals surface area contributed by atoms with Gasteiger partial charge in [0.05, 0.1) is 18.4 Å². The first-order valence-corrected chi connectivity index (χ1v) is 10.4. The Balaban J connectivity index is 1.33. The first-order valence-electron chi connectivity index (χ1n) is 10.4. The number of primary amides is 1. The number of aromatic nitrogens is 4. The molecule has 1 aromatic carbocycles. The summed E-state index contributed by atoms with van der Waals surface area (Å²) in [6.07, 6.45) is 5.56. The zero-order valence-corrected chi connectivity index (χ0v) is 18.2. The van der Waals surface area contributed by atoms with E-state index in [0.717, 1.165) is 29.4 Å². The van der Waals surface area contributed by atoms with E-state index in [-0.39, 0.29) is 31.3 Å². The molecule has 0 bridgehead atoms. The van der Waals surface area contributed by atoms with Gasteiger partial charge in [0, 0.05) is 43.6 Å². The smallest absolute Gasteiger partial charge is 0.338 e. The number of nitrogens with zero attached hydrogens (tertiary/aromatic N) is 6. The van der Waals surface area contributed by atoms with Crippen molar-refractivity contribution in [3.8, 4) is 11.3 Å². The van der Waals surface area contributed by atoms with Crippen LogP contribution in [0.2, 0.25) is 0 Å². The molecule has 0 fully saturated rings. The lowest BCUT2D eigenvalue weighted by molar-refractivity contribution is -0.118. The van der Waals surface area contributed by atoms with Crippen molar-refractivity contribution >= 4 is 24.1 Å². The summed E-state index contributed by atoms with van der Waals surface area (Å²) in [5, 5.41) is 14.5. The van der Waals surface area contributed by atoms with Crippen molar-refractivity contribution in [1.29, 1.82) is 0 Å². The fraction of sp³-hybridized carbons (Fsp3) is 0.238. The SMILES string of the molecule is NC(=O)Cn1cc(-c2nc(NCCNC(=O)N3N=CC[C@H]3c3cc(F)cc(F)c3)ncc2F)cn1. The summed E-state index contributed by atoms with van der Waals surface area (Å²) in [6.45, 7) is 0.157. The van der Waals surface area contributed by atoms with Crippen LogP contribution in [0.3, 0.4) is 0 Å². The number of halogens is 3. The Kier molecular flexibility index (Phi) is 6.89. The van der Waals surface area contributed by atoms with E-state index in [1.807, 2.05) is 0 Å². The fourth-order valence-corrected chi connectivity index (χ4v) is 3.47. The summed E-state index contributed by atoms with van der Waals surface area (Å²) in [4.78, 5) is 31.5. The maximum atomic E-state index is 14.2. The van der Waals surface area contributed by atoms with E-state index in [9.17, 15) is 22.8 Å². The minimum atomic E-state index is -0.740. The van der Waals surface area contributed by atoms with Gasteiger partial charge in [-0.15, -0.1) is 0 Å². The molecule has 1 atom stereocenters. The Bertz CT molecular complexity index is 1260. The molecule has 4 rings (SSSR count). The van der Waals surface area contributed by atoms with Crippen molar-refractivity contribution < 1.29 is 22.8 Å². The van der Waals surface area contributed by atoms with E-state index in [1.54, 1.807) is 0 Å². The fourth-order valence-electron chi connectivity index (χ4n) is 3.47. The van der Waals surface area contributed by atoms with Crippen LogP contribution in [0.25, 0.3) is 11.3 Å². The molecular weight excluding hydrogens is 467 g/mol. The lowest BCUT2D eigenvalue weighted by Gasteiger charge is -2.22. The van der Waals surface area contributed by atoms with Crippen LogP contribution in [0.5, 0.6) is 0 Å². The number of hydrogen-bond acceptors (Lipinski definition) is 7. The topological polar surface area (TPSA) is 143 Å². The molecule has 0 radical (unpaired) electrons. The Morgan fingerprint density at radius 1 is 1.11 bits per heavy atom. The van der Waals surface area contributed by atoms with Gasteiger partial charge in [-0.25, -0.2) is 32.9 Å². The Hall–Kier alpha value is -4.49. The van der Waals surface area contributed by atoms with Gasteiger partial charge in [-0.3, -0.25) is 9.48 Å². The van der Waals surface area contributed by atoms with Crippen molar-refractivity contribution in [3.05, 3.63) is 59.8 Å². The summed E-state index contributed by atoms with van der Waals surface area (Å²) < 4.78 is 42.6. The van der Waals surface area contributed by atoms with E-state index in [2.05, 4.69) is 30.8 Å². The van der Waals surface area contributed by atoms with Crippen molar-refractivity contribution in [3.63, 3.8) is 0 Å². The van der Waals surface area contributed by atoms with E-state index in [1.165, 1.54) is 23.3 Å². The molecule has 2 aromatic heterocycles. The number of nitrogens with one attached hydrogen (secondary N) is 2. The quantitative estimate of drug-likeness (QED) is 0.414.